The van der Waals surface area contributed by atoms with Crippen LogP contribution in [0.25, 0.3) is 11.3 Å². The molecule has 3 rings (SSSR count). The van der Waals surface area contributed by atoms with Gasteiger partial charge in [-0.15, -0.1) is 0 Å². The predicted molar refractivity (Wildman–Crippen MR) is 99.1 cm³/mol. The highest BCUT2D eigenvalue weighted by atomic mass is 79.9. The molecule has 6 heteroatoms. The van der Waals surface area contributed by atoms with E-state index in [1.165, 1.54) is 0 Å². The van der Waals surface area contributed by atoms with Crippen molar-refractivity contribution in [3.8, 4) is 11.3 Å². The number of halogens is 2. The maximum atomic E-state index is 6.10. The Bertz CT molecular complexity index is 850. The average Bonchev–Trinajstić information content (AvgIpc) is 2.51. The van der Waals surface area contributed by atoms with E-state index in [0.717, 1.165) is 27.0 Å². The lowest BCUT2D eigenvalue weighted by molar-refractivity contribution is 1.18. The molecule has 23 heavy (non-hydrogen) atoms. The summed E-state index contributed by atoms with van der Waals surface area (Å²) in [6.07, 6.45) is 0. The number of rotatable bonds is 3. The molecule has 0 unspecified atom stereocenters. The summed E-state index contributed by atoms with van der Waals surface area (Å²) in [4.78, 5) is 8.56. The van der Waals surface area contributed by atoms with Crippen LogP contribution in [0.4, 0.5) is 17.5 Å². The smallest absolute Gasteiger partial charge is 0.222 e. The highest BCUT2D eigenvalue weighted by Gasteiger charge is 2.08. The number of anilines is 3. The van der Waals surface area contributed by atoms with Gasteiger partial charge in [0.1, 0.15) is 5.82 Å². The van der Waals surface area contributed by atoms with Gasteiger partial charge >= 0.3 is 0 Å². The Hall–Kier alpha value is -2.11. The van der Waals surface area contributed by atoms with E-state index in [-0.39, 0.29) is 5.95 Å². The van der Waals surface area contributed by atoms with E-state index in [4.69, 9.17) is 17.3 Å². The molecule has 0 aliphatic carbocycles. The second-order valence-corrected chi connectivity index (χ2v) is 6.44. The van der Waals surface area contributed by atoms with Gasteiger partial charge in [0.05, 0.1) is 5.69 Å². The summed E-state index contributed by atoms with van der Waals surface area (Å²) in [6.45, 7) is 2.01. The first-order valence-corrected chi connectivity index (χ1v) is 8.12. The standard InChI is InChI=1S/C17H14BrClN4/c1-10-2-5-12(19)8-14(10)15-9-16(23-17(20)22-15)21-13-6-3-11(18)4-7-13/h2-9H,1H3,(H3,20,21,22,23). The van der Waals surface area contributed by atoms with Crippen molar-refractivity contribution in [1.29, 1.82) is 0 Å². The molecule has 1 aromatic heterocycles. The zero-order chi connectivity index (χ0) is 16.4. The molecule has 0 atom stereocenters. The van der Waals surface area contributed by atoms with E-state index in [1.807, 2.05) is 55.5 Å². The fraction of sp³-hybridized carbons (Fsp3) is 0.0588. The fourth-order valence-corrected chi connectivity index (χ4v) is 2.66. The summed E-state index contributed by atoms with van der Waals surface area (Å²) in [7, 11) is 0. The van der Waals surface area contributed by atoms with E-state index >= 15 is 0 Å². The van der Waals surface area contributed by atoms with Crippen LogP contribution in [0.15, 0.2) is 53.0 Å². The number of aryl methyl sites for hydroxylation is 1. The van der Waals surface area contributed by atoms with Gasteiger partial charge in [0, 0.05) is 26.8 Å². The Morgan fingerprint density at radius 2 is 1.78 bits per heavy atom. The van der Waals surface area contributed by atoms with Crippen LogP contribution in [-0.2, 0) is 0 Å². The van der Waals surface area contributed by atoms with Crippen LogP contribution in [0.3, 0.4) is 0 Å². The monoisotopic (exact) mass is 388 g/mol. The van der Waals surface area contributed by atoms with Crippen LogP contribution < -0.4 is 11.1 Å². The van der Waals surface area contributed by atoms with E-state index < -0.39 is 0 Å². The third-order valence-electron chi connectivity index (χ3n) is 3.34. The van der Waals surface area contributed by atoms with Crippen LogP contribution in [-0.4, -0.2) is 9.97 Å². The minimum atomic E-state index is 0.210. The van der Waals surface area contributed by atoms with Gasteiger partial charge < -0.3 is 11.1 Å². The van der Waals surface area contributed by atoms with Gasteiger partial charge in [0.25, 0.3) is 0 Å². The maximum absolute atomic E-state index is 6.10. The van der Waals surface area contributed by atoms with Crippen molar-refractivity contribution in [3.63, 3.8) is 0 Å². The lowest BCUT2D eigenvalue weighted by Gasteiger charge is -2.10. The SMILES string of the molecule is Cc1ccc(Cl)cc1-c1cc(Nc2ccc(Br)cc2)nc(N)n1. The van der Waals surface area contributed by atoms with E-state index in [9.17, 15) is 0 Å². The first-order chi connectivity index (χ1) is 11.0. The van der Waals surface area contributed by atoms with Crippen LogP contribution in [0, 0.1) is 6.92 Å². The summed E-state index contributed by atoms with van der Waals surface area (Å²) >= 11 is 9.51. The van der Waals surface area contributed by atoms with Gasteiger partial charge in [-0.05, 0) is 48.9 Å². The van der Waals surface area contributed by atoms with Gasteiger partial charge in [-0.25, -0.2) is 4.98 Å². The second kappa shape index (κ2) is 6.56. The number of hydrogen-bond acceptors (Lipinski definition) is 4. The topological polar surface area (TPSA) is 63.8 Å². The summed E-state index contributed by atoms with van der Waals surface area (Å²) in [5.41, 5.74) is 9.52. The second-order valence-electron chi connectivity index (χ2n) is 5.09. The molecule has 0 bridgehead atoms. The van der Waals surface area contributed by atoms with Crippen molar-refractivity contribution >= 4 is 45.0 Å². The lowest BCUT2D eigenvalue weighted by Crippen LogP contribution is -2.02. The first kappa shape index (κ1) is 15.8. The molecule has 0 fully saturated rings. The van der Waals surface area contributed by atoms with Crippen molar-refractivity contribution in [3.05, 3.63) is 63.6 Å². The van der Waals surface area contributed by atoms with E-state index in [1.54, 1.807) is 0 Å². The molecule has 0 aliphatic heterocycles. The summed E-state index contributed by atoms with van der Waals surface area (Å²) < 4.78 is 1.01. The van der Waals surface area contributed by atoms with Crippen LogP contribution >= 0.6 is 27.5 Å². The van der Waals surface area contributed by atoms with E-state index in [2.05, 4.69) is 31.2 Å². The molecule has 116 valence electrons. The Morgan fingerprint density at radius 3 is 2.52 bits per heavy atom. The number of benzene rings is 2. The zero-order valence-electron chi connectivity index (χ0n) is 12.3. The molecule has 0 saturated carbocycles. The number of aromatic nitrogens is 2. The molecule has 3 aromatic rings. The molecule has 4 nitrogen and oxygen atoms in total. The first-order valence-electron chi connectivity index (χ1n) is 6.95. The molecule has 0 saturated heterocycles. The molecule has 1 heterocycles. The summed E-state index contributed by atoms with van der Waals surface area (Å²) in [6, 6.07) is 15.4. The Balaban J connectivity index is 1.99. The normalized spacial score (nSPS) is 10.6. The third-order valence-corrected chi connectivity index (χ3v) is 4.10. The molecular formula is C17H14BrClN4. The molecule has 3 N–H and O–H groups in total. The Labute approximate surface area is 147 Å². The predicted octanol–water partition coefficient (Wildman–Crippen LogP) is 5.19. The van der Waals surface area contributed by atoms with Crippen molar-refractivity contribution in [2.24, 2.45) is 0 Å². The third kappa shape index (κ3) is 3.81. The lowest BCUT2D eigenvalue weighted by atomic mass is 10.1. The minimum Gasteiger partial charge on any atom is -0.368 e. The molecular weight excluding hydrogens is 376 g/mol. The zero-order valence-corrected chi connectivity index (χ0v) is 14.7. The van der Waals surface area contributed by atoms with Crippen molar-refractivity contribution < 1.29 is 0 Å². The Morgan fingerprint density at radius 1 is 1.04 bits per heavy atom. The number of nitrogens with zero attached hydrogens (tertiary/aromatic N) is 2. The van der Waals surface area contributed by atoms with Crippen LogP contribution in [0.2, 0.25) is 5.02 Å². The van der Waals surface area contributed by atoms with Gasteiger partial charge in [-0.2, -0.15) is 4.98 Å². The Kier molecular flexibility index (Phi) is 4.50. The highest BCUT2D eigenvalue weighted by Crippen LogP contribution is 2.28. The summed E-state index contributed by atoms with van der Waals surface area (Å²) in [5, 5.41) is 3.89. The van der Waals surface area contributed by atoms with E-state index in [0.29, 0.717) is 10.8 Å². The van der Waals surface area contributed by atoms with Crippen LogP contribution in [0.5, 0.6) is 0 Å². The van der Waals surface area contributed by atoms with Gasteiger partial charge in [0.15, 0.2) is 0 Å². The molecule has 2 aromatic carbocycles. The minimum absolute atomic E-state index is 0.210. The molecule has 0 amide bonds. The molecule has 0 radical (unpaired) electrons. The number of nitrogens with two attached hydrogens (primary N) is 1. The largest absolute Gasteiger partial charge is 0.368 e. The molecule has 0 aliphatic rings. The number of hydrogen-bond donors (Lipinski definition) is 2. The molecule has 0 spiro atoms. The average molecular weight is 390 g/mol. The quantitative estimate of drug-likeness (QED) is 0.646. The van der Waals surface area contributed by atoms with Gasteiger partial charge in [-0.1, -0.05) is 33.6 Å². The van der Waals surface area contributed by atoms with Crippen molar-refractivity contribution in [2.45, 2.75) is 6.92 Å². The summed E-state index contributed by atoms with van der Waals surface area (Å²) in [5.74, 6) is 0.843. The number of nitrogen functional groups attached to an aromatic ring is 1. The van der Waals surface area contributed by atoms with Gasteiger partial charge in [0.2, 0.25) is 5.95 Å². The maximum Gasteiger partial charge on any atom is 0.222 e. The fourth-order valence-electron chi connectivity index (χ4n) is 2.22. The van der Waals surface area contributed by atoms with Crippen molar-refractivity contribution in [1.82, 2.24) is 9.97 Å². The van der Waals surface area contributed by atoms with Crippen molar-refractivity contribution in [2.75, 3.05) is 11.1 Å². The van der Waals surface area contributed by atoms with Crippen LogP contribution in [0.1, 0.15) is 5.56 Å². The number of nitrogens with one attached hydrogen (secondary N) is 1. The highest BCUT2D eigenvalue weighted by molar-refractivity contribution is 9.10. The van der Waals surface area contributed by atoms with Gasteiger partial charge in [-0.3, -0.25) is 0 Å².